The van der Waals surface area contributed by atoms with E-state index in [1.54, 1.807) is 23.4 Å². The van der Waals surface area contributed by atoms with Crippen LogP contribution in [0, 0.1) is 0 Å². The van der Waals surface area contributed by atoms with Gasteiger partial charge in [0, 0.05) is 37.5 Å². The Labute approximate surface area is 161 Å². The molecule has 144 valence electrons. The van der Waals surface area contributed by atoms with Crippen LogP contribution in [0.1, 0.15) is 56.7 Å². The lowest BCUT2D eigenvalue weighted by Crippen LogP contribution is -2.44. The molecule has 5 nitrogen and oxygen atoms in total. The van der Waals surface area contributed by atoms with Crippen LogP contribution in [0.5, 0.6) is 0 Å². The van der Waals surface area contributed by atoms with Gasteiger partial charge in [-0.05, 0) is 24.5 Å². The SMILES string of the molecule is CCCCN(C(=O)CCC)C(C(=O)NCc1ccccc1)c1cccnc1. The van der Waals surface area contributed by atoms with Crippen LogP contribution in [0.3, 0.4) is 0 Å². The first kappa shape index (κ1) is 20.6. The van der Waals surface area contributed by atoms with E-state index in [9.17, 15) is 9.59 Å². The molecule has 0 aliphatic heterocycles. The summed E-state index contributed by atoms with van der Waals surface area (Å²) in [5.41, 5.74) is 1.76. The Balaban J connectivity index is 2.25. The van der Waals surface area contributed by atoms with Crippen molar-refractivity contribution in [2.24, 2.45) is 0 Å². The molecule has 0 spiro atoms. The van der Waals surface area contributed by atoms with Gasteiger partial charge in [-0.15, -0.1) is 0 Å². The molecule has 2 rings (SSSR count). The Bertz CT molecular complexity index is 704. The Morgan fingerprint density at radius 2 is 1.85 bits per heavy atom. The molecule has 2 aromatic rings. The maximum atomic E-state index is 13.1. The highest BCUT2D eigenvalue weighted by Crippen LogP contribution is 2.23. The second-order valence-corrected chi connectivity index (χ2v) is 6.58. The van der Waals surface area contributed by atoms with Gasteiger partial charge in [-0.1, -0.05) is 56.7 Å². The van der Waals surface area contributed by atoms with Crippen LogP contribution in [-0.2, 0) is 16.1 Å². The highest BCUT2D eigenvalue weighted by Gasteiger charge is 2.30. The molecule has 0 radical (unpaired) electrons. The summed E-state index contributed by atoms with van der Waals surface area (Å²) >= 11 is 0. The summed E-state index contributed by atoms with van der Waals surface area (Å²) < 4.78 is 0. The summed E-state index contributed by atoms with van der Waals surface area (Å²) in [6, 6.07) is 12.8. The molecule has 0 bridgehead atoms. The van der Waals surface area contributed by atoms with E-state index in [0.717, 1.165) is 30.4 Å². The van der Waals surface area contributed by atoms with Gasteiger partial charge in [0.2, 0.25) is 11.8 Å². The van der Waals surface area contributed by atoms with E-state index in [2.05, 4.69) is 17.2 Å². The van der Waals surface area contributed by atoms with E-state index in [1.807, 2.05) is 43.3 Å². The van der Waals surface area contributed by atoms with E-state index < -0.39 is 6.04 Å². The molecular weight excluding hydrogens is 338 g/mol. The zero-order valence-corrected chi connectivity index (χ0v) is 16.2. The number of nitrogens with one attached hydrogen (secondary N) is 1. The molecule has 0 saturated carbocycles. The minimum Gasteiger partial charge on any atom is -0.350 e. The van der Waals surface area contributed by atoms with Crippen molar-refractivity contribution in [2.75, 3.05) is 6.54 Å². The lowest BCUT2D eigenvalue weighted by molar-refractivity contribution is -0.141. The second-order valence-electron chi connectivity index (χ2n) is 6.58. The Hall–Kier alpha value is -2.69. The second kappa shape index (κ2) is 11.1. The highest BCUT2D eigenvalue weighted by molar-refractivity contribution is 5.88. The fraction of sp³-hybridized carbons (Fsp3) is 0.409. The fourth-order valence-electron chi connectivity index (χ4n) is 2.98. The highest BCUT2D eigenvalue weighted by atomic mass is 16.2. The molecule has 1 heterocycles. The van der Waals surface area contributed by atoms with Crippen LogP contribution in [0.2, 0.25) is 0 Å². The molecule has 5 heteroatoms. The molecule has 0 aliphatic carbocycles. The topological polar surface area (TPSA) is 62.3 Å². The molecule has 0 fully saturated rings. The monoisotopic (exact) mass is 367 g/mol. The maximum Gasteiger partial charge on any atom is 0.247 e. The number of carbonyl (C=O) groups excluding carboxylic acids is 2. The molecule has 1 atom stereocenters. The third kappa shape index (κ3) is 6.20. The van der Waals surface area contributed by atoms with Gasteiger partial charge in [0.05, 0.1) is 0 Å². The molecule has 2 amide bonds. The van der Waals surface area contributed by atoms with Gasteiger partial charge in [0.25, 0.3) is 0 Å². The van der Waals surface area contributed by atoms with Crippen LogP contribution in [0.25, 0.3) is 0 Å². The van der Waals surface area contributed by atoms with Crippen molar-refractivity contribution in [3.05, 3.63) is 66.0 Å². The number of pyridine rings is 1. The van der Waals surface area contributed by atoms with Gasteiger partial charge in [-0.2, -0.15) is 0 Å². The first-order valence-corrected chi connectivity index (χ1v) is 9.68. The number of aromatic nitrogens is 1. The molecule has 1 aromatic heterocycles. The van der Waals surface area contributed by atoms with E-state index in [4.69, 9.17) is 0 Å². The molecule has 1 unspecified atom stereocenters. The number of carbonyl (C=O) groups is 2. The minimum atomic E-state index is -0.659. The maximum absolute atomic E-state index is 13.1. The Morgan fingerprint density at radius 1 is 1.07 bits per heavy atom. The van der Waals surface area contributed by atoms with Crippen LogP contribution in [0.15, 0.2) is 54.9 Å². The number of amides is 2. The lowest BCUT2D eigenvalue weighted by atomic mass is 10.0. The number of hydrogen-bond donors (Lipinski definition) is 1. The summed E-state index contributed by atoms with van der Waals surface area (Å²) in [5.74, 6) is -0.165. The third-order valence-corrected chi connectivity index (χ3v) is 4.41. The normalized spacial score (nSPS) is 11.6. The largest absolute Gasteiger partial charge is 0.350 e. The molecule has 27 heavy (non-hydrogen) atoms. The molecule has 0 saturated heterocycles. The van der Waals surface area contributed by atoms with E-state index >= 15 is 0 Å². The molecule has 0 aliphatic rings. The fourth-order valence-corrected chi connectivity index (χ4v) is 2.98. The predicted molar refractivity (Wildman–Crippen MR) is 107 cm³/mol. The van der Waals surface area contributed by atoms with Crippen LogP contribution in [-0.4, -0.2) is 28.2 Å². The van der Waals surface area contributed by atoms with Gasteiger partial charge in [-0.25, -0.2) is 0 Å². The Morgan fingerprint density at radius 3 is 2.48 bits per heavy atom. The number of rotatable bonds is 10. The zero-order valence-electron chi connectivity index (χ0n) is 16.2. The van der Waals surface area contributed by atoms with Crippen molar-refractivity contribution in [2.45, 2.75) is 52.1 Å². The average molecular weight is 367 g/mol. The van der Waals surface area contributed by atoms with Gasteiger partial charge in [-0.3, -0.25) is 14.6 Å². The van der Waals surface area contributed by atoms with Gasteiger partial charge >= 0.3 is 0 Å². The van der Waals surface area contributed by atoms with Crippen molar-refractivity contribution >= 4 is 11.8 Å². The molecular formula is C22H29N3O2. The van der Waals surface area contributed by atoms with Crippen molar-refractivity contribution in [3.63, 3.8) is 0 Å². The standard InChI is InChI=1S/C22H29N3O2/c1-3-5-15-25(20(26)10-4-2)21(19-13-9-14-23-17-19)22(27)24-16-18-11-7-6-8-12-18/h6-9,11-14,17,21H,3-5,10,15-16H2,1-2H3,(H,24,27). The van der Waals surface area contributed by atoms with Crippen molar-refractivity contribution in [1.29, 1.82) is 0 Å². The van der Waals surface area contributed by atoms with Gasteiger partial charge in [0.1, 0.15) is 6.04 Å². The van der Waals surface area contributed by atoms with E-state index in [-0.39, 0.29) is 11.8 Å². The minimum absolute atomic E-state index is 0.00895. The van der Waals surface area contributed by atoms with Crippen LogP contribution >= 0.6 is 0 Å². The molecule has 1 aromatic carbocycles. The summed E-state index contributed by atoms with van der Waals surface area (Å²) in [5, 5.41) is 2.99. The number of nitrogens with zero attached hydrogens (tertiary/aromatic N) is 2. The third-order valence-electron chi connectivity index (χ3n) is 4.41. The van der Waals surface area contributed by atoms with E-state index in [1.165, 1.54) is 0 Å². The van der Waals surface area contributed by atoms with Gasteiger partial charge < -0.3 is 10.2 Å². The zero-order chi connectivity index (χ0) is 19.5. The van der Waals surface area contributed by atoms with Crippen molar-refractivity contribution < 1.29 is 9.59 Å². The summed E-state index contributed by atoms with van der Waals surface area (Å²) in [4.78, 5) is 31.7. The average Bonchev–Trinajstić information content (AvgIpc) is 2.71. The summed E-state index contributed by atoms with van der Waals surface area (Å²) in [6.45, 7) is 5.05. The summed E-state index contributed by atoms with van der Waals surface area (Å²) in [6.07, 6.45) is 6.36. The number of hydrogen-bond acceptors (Lipinski definition) is 3. The van der Waals surface area contributed by atoms with Crippen molar-refractivity contribution in [3.8, 4) is 0 Å². The number of unbranched alkanes of at least 4 members (excludes halogenated alkanes) is 1. The quantitative estimate of drug-likeness (QED) is 0.693. The molecule has 1 N–H and O–H groups in total. The lowest BCUT2D eigenvalue weighted by Gasteiger charge is -2.31. The Kier molecular flexibility index (Phi) is 8.49. The van der Waals surface area contributed by atoms with Crippen LogP contribution in [0.4, 0.5) is 0 Å². The first-order chi connectivity index (χ1) is 13.2. The van der Waals surface area contributed by atoms with Crippen molar-refractivity contribution in [1.82, 2.24) is 15.2 Å². The van der Waals surface area contributed by atoms with E-state index in [0.29, 0.717) is 19.5 Å². The smallest absolute Gasteiger partial charge is 0.247 e. The van der Waals surface area contributed by atoms with Gasteiger partial charge in [0.15, 0.2) is 0 Å². The van der Waals surface area contributed by atoms with Crippen LogP contribution < -0.4 is 5.32 Å². The summed E-state index contributed by atoms with van der Waals surface area (Å²) in [7, 11) is 0. The predicted octanol–water partition coefficient (Wildman–Crippen LogP) is 3.87. The number of benzene rings is 1. The first-order valence-electron chi connectivity index (χ1n) is 9.68.